The molecule has 120 valence electrons. The van der Waals surface area contributed by atoms with E-state index in [1.165, 1.54) is 6.07 Å². The zero-order valence-electron chi connectivity index (χ0n) is 13.2. The van der Waals surface area contributed by atoms with Gasteiger partial charge in [-0.25, -0.2) is 0 Å². The highest BCUT2D eigenvalue weighted by molar-refractivity contribution is 5.35. The molecule has 1 aromatic rings. The van der Waals surface area contributed by atoms with Crippen LogP contribution in [0.15, 0.2) is 18.2 Å². The van der Waals surface area contributed by atoms with Gasteiger partial charge in [-0.1, -0.05) is 19.9 Å². The number of nitrogens with one attached hydrogen (secondary N) is 1. The Morgan fingerprint density at radius 2 is 1.86 bits per heavy atom. The predicted octanol–water partition coefficient (Wildman–Crippen LogP) is 4.34. The topological polar surface area (TPSA) is 21.3 Å². The fourth-order valence-corrected chi connectivity index (χ4v) is 2.56. The van der Waals surface area contributed by atoms with Crippen LogP contribution in [0.25, 0.3) is 0 Å². The molecule has 0 aliphatic carbocycles. The molecule has 0 saturated carbocycles. The van der Waals surface area contributed by atoms with E-state index in [-0.39, 0.29) is 18.1 Å². The summed E-state index contributed by atoms with van der Waals surface area (Å²) in [6, 6.07) is 3.75. The molecule has 0 aromatic heterocycles. The number of halogens is 3. The summed E-state index contributed by atoms with van der Waals surface area (Å²) < 4.78 is 44.0. The molecule has 0 heterocycles. The van der Waals surface area contributed by atoms with Crippen molar-refractivity contribution in [2.24, 2.45) is 5.92 Å². The number of aryl methyl sites for hydroxylation is 1. The van der Waals surface area contributed by atoms with Gasteiger partial charge in [-0.15, -0.1) is 0 Å². The number of benzene rings is 1. The Morgan fingerprint density at radius 3 is 2.24 bits per heavy atom. The average Bonchev–Trinajstić information content (AvgIpc) is 2.38. The first-order chi connectivity index (χ1) is 9.72. The van der Waals surface area contributed by atoms with Crippen LogP contribution in [0.4, 0.5) is 13.2 Å². The Labute approximate surface area is 124 Å². The van der Waals surface area contributed by atoms with Gasteiger partial charge in [0, 0.05) is 6.61 Å². The van der Waals surface area contributed by atoms with Crippen molar-refractivity contribution >= 4 is 0 Å². The molecule has 1 rings (SSSR count). The first-order valence-corrected chi connectivity index (χ1v) is 7.19. The Balaban J connectivity index is 3.16. The monoisotopic (exact) mass is 303 g/mol. The van der Waals surface area contributed by atoms with Crippen LogP contribution in [0, 0.1) is 12.8 Å². The van der Waals surface area contributed by atoms with Crippen LogP contribution in [0.1, 0.15) is 43.5 Å². The van der Waals surface area contributed by atoms with Crippen molar-refractivity contribution in [3.8, 4) is 0 Å². The van der Waals surface area contributed by atoms with Crippen molar-refractivity contribution in [3.05, 3.63) is 34.9 Å². The molecule has 0 radical (unpaired) electrons. The van der Waals surface area contributed by atoms with Crippen molar-refractivity contribution in [1.29, 1.82) is 0 Å². The molecule has 0 aliphatic heterocycles. The molecular formula is C16H24F3NO. The Bertz CT molecular complexity index is 457. The summed E-state index contributed by atoms with van der Waals surface area (Å²) in [5.41, 5.74) is 0.850. The van der Waals surface area contributed by atoms with E-state index in [0.717, 1.165) is 11.6 Å². The highest BCUT2D eigenvalue weighted by Crippen LogP contribution is 2.33. The fraction of sp³-hybridized carbons (Fsp3) is 0.625. The maximum absolute atomic E-state index is 12.7. The Kier molecular flexibility index (Phi) is 6.23. The van der Waals surface area contributed by atoms with Crippen molar-refractivity contribution in [1.82, 2.24) is 5.32 Å². The summed E-state index contributed by atoms with van der Waals surface area (Å²) in [7, 11) is 1.80. The van der Waals surface area contributed by atoms with Crippen LogP contribution >= 0.6 is 0 Å². The first kappa shape index (κ1) is 18.0. The highest BCUT2D eigenvalue weighted by atomic mass is 19.4. The van der Waals surface area contributed by atoms with E-state index in [1.54, 1.807) is 20.0 Å². The normalized spacial score (nSPS) is 15.3. The van der Waals surface area contributed by atoms with Crippen molar-refractivity contribution in [3.63, 3.8) is 0 Å². The third kappa shape index (κ3) is 4.45. The second-order valence-corrected chi connectivity index (χ2v) is 5.50. The SMILES string of the molecule is CCOC(C(C)C)C(NC)c1ccc(C(F)(F)F)cc1C. The molecule has 0 amide bonds. The number of hydrogen-bond donors (Lipinski definition) is 1. The molecule has 0 fully saturated rings. The number of ether oxygens (including phenoxy) is 1. The predicted molar refractivity (Wildman–Crippen MR) is 78.2 cm³/mol. The lowest BCUT2D eigenvalue weighted by Crippen LogP contribution is -2.36. The summed E-state index contributed by atoms with van der Waals surface area (Å²) in [5.74, 6) is 0.254. The minimum Gasteiger partial charge on any atom is -0.376 e. The molecule has 1 N–H and O–H groups in total. The first-order valence-electron chi connectivity index (χ1n) is 7.19. The standard InChI is InChI=1S/C16H24F3NO/c1-6-21-15(10(2)3)14(20-5)13-8-7-12(9-11(13)4)16(17,18)19/h7-10,14-15,20H,6H2,1-5H3. The van der Waals surface area contributed by atoms with Crippen LogP contribution in [0.5, 0.6) is 0 Å². The molecule has 0 saturated heterocycles. The van der Waals surface area contributed by atoms with Gasteiger partial charge in [-0.05, 0) is 50.1 Å². The summed E-state index contributed by atoms with van der Waals surface area (Å²) in [6.07, 6.45) is -4.40. The quantitative estimate of drug-likeness (QED) is 0.844. The maximum Gasteiger partial charge on any atom is 0.416 e. The minimum absolute atomic E-state index is 0.0876. The molecule has 5 heteroatoms. The van der Waals surface area contributed by atoms with Crippen LogP contribution in [-0.2, 0) is 10.9 Å². The second kappa shape index (κ2) is 7.27. The largest absolute Gasteiger partial charge is 0.416 e. The van der Waals surface area contributed by atoms with E-state index < -0.39 is 11.7 Å². The van der Waals surface area contributed by atoms with Crippen LogP contribution in [0.2, 0.25) is 0 Å². The molecule has 0 spiro atoms. The van der Waals surface area contributed by atoms with E-state index in [9.17, 15) is 13.2 Å². The van der Waals surface area contributed by atoms with Gasteiger partial charge in [0.2, 0.25) is 0 Å². The number of alkyl halides is 3. The third-order valence-corrected chi connectivity index (χ3v) is 3.59. The summed E-state index contributed by atoms with van der Waals surface area (Å²) >= 11 is 0. The maximum atomic E-state index is 12.7. The van der Waals surface area contributed by atoms with Gasteiger partial charge < -0.3 is 10.1 Å². The minimum atomic E-state index is -4.31. The van der Waals surface area contributed by atoms with Crippen LogP contribution in [-0.4, -0.2) is 19.8 Å². The number of rotatable bonds is 6. The fourth-order valence-electron chi connectivity index (χ4n) is 2.56. The van der Waals surface area contributed by atoms with Gasteiger partial charge in [0.25, 0.3) is 0 Å². The van der Waals surface area contributed by atoms with Gasteiger partial charge in [0.1, 0.15) is 0 Å². The van der Waals surface area contributed by atoms with Crippen molar-refractivity contribution < 1.29 is 17.9 Å². The third-order valence-electron chi connectivity index (χ3n) is 3.59. The molecule has 21 heavy (non-hydrogen) atoms. The highest BCUT2D eigenvalue weighted by Gasteiger charge is 2.32. The zero-order chi connectivity index (χ0) is 16.2. The average molecular weight is 303 g/mol. The van der Waals surface area contributed by atoms with Crippen molar-refractivity contribution in [2.75, 3.05) is 13.7 Å². The van der Waals surface area contributed by atoms with E-state index in [0.29, 0.717) is 12.2 Å². The Hall–Kier alpha value is -1.07. The van der Waals surface area contributed by atoms with E-state index in [4.69, 9.17) is 4.74 Å². The van der Waals surface area contributed by atoms with Gasteiger partial charge in [0.15, 0.2) is 0 Å². The Morgan fingerprint density at radius 1 is 1.24 bits per heavy atom. The van der Waals surface area contributed by atoms with Crippen molar-refractivity contribution in [2.45, 2.75) is 46.0 Å². The summed E-state index contributed by atoms with van der Waals surface area (Å²) in [4.78, 5) is 0. The zero-order valence-corrected chi connectivity index (χ0v) is 13.2. The van der Waals surface area contributed by atoms with Gasteiger partial charge in [0.05, 0.1) is 17.7 Å². The van der Waals surface area contributed by atoms with Crippen LogP contribution in [0.3, 0.4) is 0 Å². The van der Waals surface area contributed by atoms with Crippen LogP contribution < -0.4 is 5.32 Å². The molecule has 0 bridgehead atoms. The molecule has 0 aliphatic rings. The van der Waals surface area contributed by atoms with Gasteiger partial charge >= 0.3 is 6.18 Å². The molecule has 2 unspecified atom stereocenters. The van der Waals surface area contributed by atoms with Gasteiger partial charge in [-0.2, -0.15) is 13.2 Å². The molecule has 1 aromatic carbocycles. The summed E-state index contributed by atoms with van der Waals surface area (Å²) in [6.45, 7) is 8.29. The number of hydrogen-bond acceptors (Lipinski definition) is 2. The molecular weight excluding hydrogens is 279 g/mol. The second-order valence-electron chi connectivity index (χ2n) is 5.50. The lowest BCUT2D eigenvalue weighted by molar-refractivity contribution is -0.137. The number of likely N-dealkylation sites (N-methyl/N-ethyl adjacent to an activating group) is 1. The van der Waals surface area contributed by atoms with Gasteiger partial charge in [-0.3, -0.25) is 0 Å². The van der Waals surface area contributed by atoms with E-state index >= 15 is 0 Å². The van der Waals surface area contributed by atoms with E-state index in [2.05, 4.69) is 5.32 Å². The lowest BCUT2D eigenvalue weighted by Gasteiger charge is -2.31. The molecule has 2 atom stereocenters. The summed E-state index contributed by atoms with van der Waals surface area (Å²) in [5, 5.41) is 3.18. The van der Waals surface area contributed by atoms with E-state index in [1.807, 2.05) is 20.8 Å². The molecule has 2 nitrogen and oxygen atoms in total. The smallest absolute Gasteiger partial charge is 0.376 e. The lowest BCUT2D eigenvalue weighted by atomic mass is 9.90.